The summed E-state index contributed by atoms with van der Waals surface area (Å²) >= 11 is 12.0. The second-order valence-electron chi connectivity index (χ2n) is 6.38. The van der Waals surface area contributed by atoms with Gasteiger partial charge in [-0.3, -0.25) is 0 Å². The second kappa shape index (κ2) is 7.61. The van der Waals surface area contributed by atoms with Gasteiger partial charge in [-0.05, 0) is 37.3 Å². The Labute approximate surface area is 149 Å². The van der Waals surface area contributed by atoms with E-state index < -0.39 is 0 Å². The first-order chi connectivity index (χ1) is 11.1. The smallest absolute Gasteiger partial charge is 0.0952 e. The van der Waals surface area contributed by atoms with Gasteiger partial charge in [-0.2, -0.15) is 0 Å². The number of hydrogen-bond acceptors (Lipinski definition) is 2. The van der Waals surface area contributed by atoms with E-state index in [0.29, 0.717) is 12.0 Å². The Morgan fingerprint density at radius 3 is 2.87 bits per heavy atom. The monoisotopic (exact) mass is 346 g/mol. The summed E-state index contributed by atoms with van der Waals surface area (Å²) in [5, 5.41) is 4.52. The van der Waals surface area contributed by atoms with Crippen molar-refractivity contribution in [2.24, 2.45) is 5.92 Å². The molecule has 2 aliphatic rings. The van der Waals surface area contributed by atoms with Crippen LogP contribution in [0.5, 0.6) is 0 Å². The van der Waals surface area contributed by atoms with E-state index in [9.17, 15) is 0 Å². The van der Waals surface area contributed by atoms with Crippen LogP contribution in [0.4, 0.5) is 0 Å². The molecule has 1 aliphatic carbocycles. The minimum absolute atomic E-state index is 0.175. The molecule has 1 fully saturated rings. The molecule has 4 heteroatoms. The fourth-order valence-corrected chi connectivity index (χ4v) is 3.83. The van der Waals surface area contributed by atoms with Gasteiger partial charge >= 0.3 is 0 Å². The summed E-state index contributed by atoms with van der Waals surface area (Å²) in [7, 11) is 0. The second-order valence-corrected chi connectivity index (χ2v) is 7.23. The minimum Gasteiger partial charge on any atom is -0.361 e. The van der Waals surface area contributed by atoms with Crippen molar-refractivity contribution in [2.75, 3.05) is 6.54 Å². The van der Waals surface area contributed by atoms with Crippen LogP contribution in [0.15, 0.2) is 53.6 Å². The Balaban J connectivity index is 1.74. The molecular formula is C19H23ClN2S. The molecule has 1 aromatic rings. The molecular weight excluding hydrogens is 324 g/mol. The Bertz CT molecular complexity index is 611. The maximum absolute atomic E-state index is 6.18. The lowest BCUT2D eigenvalue weighted by Crippen LogP contribution is -2.47. The molecule has 1 saturated heterocycles. The van der Waals surface area contributed by atoms with Gasteiger partial charge in [-0.15, -0.1) is 0 Å². The number of nitrogens with one attached hydrogen (secondary N) is 1. The zero-order chi connectivity index (χ0) is 16.2. The third-order valence-corrected chi connectivity index (χ3v) is 5.47. The van der Waals surface area contributed by atoms with Crippen LogP contribution >= 0.6 is 23.8 Å². The molecule has 1 aliphatic heterocycles. The normalized spacial score (nSPS) is 28.4. The van der Waals surface area contributed by atoms with E-state index in [4.69, 9.17) is 23.8 Å². The van der Waals surface area contributed by atoms with Crippen molar-refractivity contribution < 1.29 is 0 Å². The van der Waals surface area contributed by atoms with Gasteiger partial charge in [-0.25, -0.2) is 0 Å². The van der Waals surface area contributed by atoms with Crippen LogP contribution in [0.2, 0.25) is 0 Å². The molecule has 23 heavy (non-hydrogen) atoms. The van der Waals surface area contributed by atoms with Crippen molar-refractivity contribution in [2.45, 2.75) is 38.4 Å². The molecule has 0 radical (unpaired) electrons. The van der Waals surface area contributed by atoms with Crippen LogP contribution in [-0.2, 0) is 6.54 Å². The Morgan fingerprint density at radius 1 is 1.30 bits per heavy atom. The topological polar surface area (TPSA) is 15.3 Å². The number of benzene rings is 1. The van der Waals surface area contributed by atoms with Crippen LogP contribution in [0.3, 0.4) is 0 Å². The number of fused-ring (bicyclic) bond motifs is 1. The van der Waals surface area contributed by atoms with E-state index >= 15 is 0 Å². The van der Waals surface area contributed by atoms with Gasteiger partial charge in [0.15, 0.2) is 0 Å². The highest BCUT2D eigenvalue weighted by Crippen LogP contribution is 2.26. The molecule has 1 heterocycles. The van der Waals surface area contributed by atoms with E-state index in [0.717, 1.165) is 36.0 Å². The zero-order valence-electron chi connectivity index (χ0n) is 13.4. The molecule has 0 spiro atoms. The third kappa shape index (κ3) is 4.23. The summed E-state index contributed by atoms with van der Waals surface area (Å²) in [6.45, 7) is 4.04. The maximum Gasteiger partial charge on any atom is 0.0952 e. The number of nitrogens with zero attached hydrogens (tertiary/aromatic N) is 1. The Morgan fingerprint density at radius 2 is 2.09 bits per heavy atom. The van der Waals surface area contributed by atoms with Crippen LogP contribution in [0.25, 0.3) is 0 Å². The fourth-order valence-electron chi connectivity index (χ4n) is 3.37. The van der Waals surface area contributed by atoms with Gasteiger partial charge in [-0.1, -0.05) is 66.3 Å². The Hall–Kier alpha value is -1.16. The predicted octanol–water partition coefficient (Wildman–Crippen LogP) is 4.27. The predicted molar refractivity (Wildman–Crippen MR) is 102 cm³/mol. The maximum atomic E-state index is 6.18. The summed E-state index contributed by atoms with van der Waals surface area (Å²) < 4.78 is 0. The zero-order valence-corrected chi connectivity index (χ0v) is 15.0. The van der Waals surface area contributed by atoms with Gasteiger partial charge in [0.05, 0.1) is 11.0 Å². The number of halogens is 1. The highest BCUT2D eigenvalue weighted by molar-refractivity contribution is 7.80. The molecule has 2 nitrogen and oxygen atoms in total. The average molecular weight is 347 g/mol. The fraction of sp³-hybridized carbons (Fsp3) is 0.421. The van der Waals surface area contributed by atoms with E-state index in [2.05, 4.69) is 59.6 Å². The molecule has 1 aromatic carbocycles. The molecule has 0 bridgehead atoms. The average Bonchev–Trinajstić information content (AvgIpc) is 2.60. The number of thiocarbonyl (C=S) groups is 1. The summed E-state index contributed by atoms with van der Waals surface area (Å²) in [5.41, 5.74) is 1.31. The lowest BCUT2D eigenvalue weighted by molar-refractivity contribution is 0.389. The van der Waals surface area contributed by atoms with E-state index in [1.807, 2.05) is 6.08 Å². The van der Waals surface area contributed by atoms with Crippen molar-refractivity contribution in [1.82, 2.24) is 10.2 Å². The lowest BCUT2D eigenvalue weighted by Gasteiger charge is -2.30. The van der Waals surface area contributed by atoms with Crippen LogP contribution in [0, 0.1) is 5.92 Å². The Kier molecular flexibility index (Phi) is 5.52. The van der Waals surface area contributed by atoms with Crippen molar-refractivity contribution >= 4 is 28.8 Å². The van der Waals surface area contributed by atoms with Crippen molar-refractivity contribution in [3.05, 3.63) is 59.2 Å². The minimum atomic E-state index is 0.175. The van der Waals surface area contributed by atoms with Crippen molar-refractivity contribution in [3.63, 3.8) is 0 Å². The highest BCUT2D eigenvalue weighted by Gasteiger charge is 2.27. The first-order valence-corrected chi connectivity index (χ1v) is 9.06. The lowest BCUT2D eigenvalue weighted by atomic mass is 9.90. The summed E-state index contributed by atoms with van der Waals surface area (Å²) in [4.78, 5) is 3.35. The number of hydrogen-bond donors (Lipinski definition) is 1. The number of rotatable bonds is 2. The molecule has 3 rings (SSSR count). The largest absolute Gasteiger partial charge is 0.361 e. The van der Waals surface area contributed by atoms with Gasteiger partial charge in [0, 0.05) is 24.2 Å². The highest BCUT2D eigenvalue weighted by atomic mass is 35.5. The summed E-state index contributed by atoms with van der Waals surface area (Å²) in [6.07, 6.45) is 8.60. The SMILES string of the molecule is CC1NC2C=CC(Cl)=CC2CCCN(Cc2ccccc2)C1=S. The molecule has 0 aromatic heterocycles. The molecule has 0 saturated carbocycles. The molecule has 1 N–H and O–H groups in total. The molecule has 3 atom stereocenters. The molecule has 3 unspecified atom stereocenters. The first kappa shape index (κ1) is 16.7. The van der Waals surface area contributed by atoms with E-state index in [1.165, 1.54) is 5.56 Å². The van der Waals surface area contributed by atoms with E-state index in [1.54, 1.807) is 0 Å². The van der Waals surface area contributed by atoms with Gasteiger partial charge in [0.1, 0.15) is 0 Å². The third-order valence-electron chi connectivity index (χ3n) is 4.60. The first-order valence-electron chi connectivity index (χ1n) is 8.28. The van der Waals surface area contributed by atoms with Crippen LogP contribution in [0.1, 0.15) is 25.3 Å². The van der Waals surface area contributed by atoms with Crippen molar-refractivity contribution in [1.29, 1.82) is 0 Å². The molecule has 0 amide bonds. The van der Waals surface area contributed by atoms with Crippen LogP contribution in [-0.4, -0.2) is 28.5 Å². The number of allylic oxidation sites excluding steroid dienone is 2. The van der Waals surface area contributed by atoms with Crippen molar-refractivity contribution in [3.8, 4) is 0 Å². The van der Waals surface area contributed by atoms with Gasteiger partial charge < -0.3 is 10.2 Å². The van der Waals surface area contributed by atoms with Crippen LogP contribution < -0.4 is 5.32 Å². The molecule has 122 valence electrons. The standard InChI is InChI=1S/C19H23ClN2S/c1-14-19(23)22(13-15-6-3-2-4-7-15)11-5-8-16-12-17(20)9-10-18(16)21-14/h2-4,6-7,9-10,12,14,16,18,21H,5,8,11,13H2,1H3. The van der Waals surface area contributed by atoms with E-state index in [-0.39, 0.29) is 6.04 Å². The van der Waals surface area contributed by atoms with Gasteiger partial charge in [0.2, 0.25) is 0 Å². The summed E-state index contributed by atoms with van der Waals surface area (Å²) in [5.74, 6) is 0.453. The quantitative estimate of drug-likeness (QED) is 0.805. The van der Waals surface area contributed by atoms with Gasteiger partial charge in [0.25, 0.3) is 0 Å². The summed E-state index contributed by atoms with van der Waals surface area (Å²) in [6, 6.07) is 11.1.